The first-order valence-corrected chi connectivity index (χ1v) is 8.31. The van der Waals surface area contributed by atoms with Crippen LogP contribution in [0.3, 0.4) is 0 Å². The molecule has 0 spiro atoms. The van der Waals surface area contributed by atoms with Crippen LogP contribution in [-0.4, -0.2) is 34.8 Å². The number of halogens is 1. The molecule has 1 amide bonds. The lowest BCUT2D eigenvalue weighted by Gasteiger charge is -2.23. The van der Waals surface area contributed by atoms with Crippen molar-refractivity contribution in [1.82, 2.24) is 20.4 Å². The third-order valence-corrected chi connectivity index (χ3v) is 4.95. The lowest BCUT2D eigenvalue weighted by Crippen LogP contribution is -2.37. The maximum absolute atomic E-state index is 12.3. The molecule has 0 bridgehead atoms. The lowest BCUT2D eigenvalue weighted by atomic mass is 10.00. The second-order valence-corrected chi connectivity index (χ2v) is 6.49. The molecular formula is C16H27ClN4O. The number of rotatable bonds is 4. The molecule has 1 saturated carbocycles. The highest BCUT2D eigenvalue weighted by atomic mass is 35.5. The molecule has 1 saturated heterocycles. The molecule has 6 heteroatoms. The zero-order chi connectivity index (χ0) is 14.7. The van der Waals surface area contributed by atoms with Crippen LogP contribution in [0.25, 0.3) is 0 Å². The number of carbonyl (C=O) groups excluding carboxylic acids is 1. The number of nitrogens with zero attached hydrogens (tertiary/aromatic N) is 2. The summed E-state index contributed by atoms with van der Waals surface area (Å²) in [7, 11) is 0. The molecule has 1 aliphatic heterocycles. The molecule has 2 unspecified atom stereocenters. The van der Waals surface area contributed by atoms with Crippen molar-refractivity contribution < 1.29 is 4.79 Å². The van der Waals surface area contributed by atoms with Gasteiger partial charge in [0.05, 0.1) is 6.04 Å². The monoisotopic (exact) mass is 326 g/mol. The van der Waals surface area contributed by atoms with E-state index in [4.69, 9.17) is 0 Å². The van der Waals surface area contributed by atoms with E-state index in [1.165, 1.54) is 32.1 Å². The Balaban J connectivity index is 0.00000176. The molecule has 3 rings (SSSR count). The van der Waals surface area contributed by atoms with Crippen LogP contribution >= 0.6 is 12.4 Å². The number of hydrogen-bond donors (Lipinski definition) is 2. The molecule has 2 atom stereocenters. The molecule has 0 aromatic carbocycles. The molecule has 2 aliphatic rings. The van der Waals surface area contributed by atoms with Crippen LogP contribution in [-0.2, 0) is 0 Å². The van der Waals surface area contributed by atoms with Crippen molar-refractivity contribution in [2.45, 2.75) is 57.5 Å². The van der Waals surface area contributed by atoms with Crippen LogP contribution in [0.5, 0.6) is 0 Å². The van der Waals surface area contributed by atoms with E-state index >= 15 is 0 Å². The Labute approximate surface area is 138 Å². The summed E-state index contributed by atoms with van der Waals surface area (Å²) in [6.45, 7) is 4.15. The van der Waals surface area contributed by atoms with E-state index in [1.807, 2.05) is 16.9 Å². The van der Waals surface area contributed by atoms with Gasteiger partial charge in [0.25, 0.3) is 5.91 Å². The first-order chi connectivity index (χ1) is 10.2. The minimum absolute atomic E-state index is 0. The van der Waals surface area contributed by atoms with Gasteiger partial charge in [-0.15, -0.1) is 12.4 Å². The molecular weight excluding hydrogens is 300 g/mol. The lowest BCUT2D eigenvalue weighted by molar-refractivity contribution is 0.0920. The van der Waals surface area contributed by atoms with Gasteiger partial charge in [-0.3, -0.25) is 9.48 Å². The van der Waals surface area contributed by atoms with Gasteiger partial charge in [-0.25, -0.2) is 0 Å². The molecule has 0 radical (unpaired) electrons. The summed E-state index contributed by atoms with van der Waals surface area (Å²) in [4.78, 5) is 12.3. The maximum atomic E-state index is 12.3. The van der Waals surface area contributed by atoms with Gasteiger partial charge < -0.3 is 10.6 Å². The van der Waals surface area contributed by atoms with E-state index in [1.54, 1.807) is 0 Å². The van der Waals surface area contributed by atoms with E-state index in [0.717, 1.165) is 19.5 Å². The first-order valence-electron chi connectivity index (χ1n) is 8.31. The Bertz CT molecular complexity index is 478. The third kappa shape index (κ3) is 4.02. The van der Waals surface area contributed by atoms with Crippen molar-refractivity contribution >= 4 is 18.3 Å². The molecule has 2 N–H and O–H groups in total. The summed E-state index contributed by atoms with van der Waals surface area (Å²) in [6, 6.07) is 2.47. The van der Waals surface area contributed by atoms with Crippen LogP contribution < -0.4 is 10.6 Å². The average Bonchev–Trinajstić information content (AvgIpc) is 3.20. The molecule has 1 aromatic rings. The zero-order valence-corrected chi connectivity index (χ0v) is 14.1. The highest BCUT2D eigenvalue weighted by Gasteiger charge is 2.24. The van der Waals surface area contributed by atoms with Crippen molar-refractivity contribution in [3.8, 4) is 0 Å². The van der Waals surface area contributed by atoms with Crippen molar-refractivity contribution in [3.05, 3.63) is 18.0 Å². The third-order valence-electron chi connectivity index (χ3n) is 4.95. The van der Waals surface area contributed by atoms with Gasteiger partial charge >= 0.3 is 0 Å². The Hall–Kier alpha value is -1.07. The first kappa shape index (κ1) is 17.3. The van der Waals surface area contributed by atoms with Gasteiger partial charge in [-0.1, -0.05) is 12.8 Å². The highest BCUT2D eigenvalue weighted by molar-refractivity contribution is 5.92. The zero-order valence-electron chi connectivity index (χ0n) is 13.3. The smallest absolute Gasteiger partial charge is 0.271 e. The number of carbonyl (C=O) groups is 1. The van der Waals surface area contributed by atoms with Crippen LogP contribution in [0.1, 0.15) is 62.0 Å². The molecule has 2 fully saturated rings. The van der Waals surface area contributed by atoms with Gasteiger partial charge in [0.15, 0.2) is 0 Å². The highest BCUT2D eigenvalue weighted by Crippen LogP contribution is 2.27. The second kappa shape index (κ2) is 7.97. The van der Waals surface area contributed by atoms with Crippen LogP contribution in [0.15, 0.2) is 12.3 Å². The molecule has 1 aliphatic carbocycles. The number of amides is 1. The predicted octanol–water partition coefficient (Wildman–Crippen LogP) is 2.54. The summed E-state index contributed by atoms with van der Waals surface area (Å²) in [5.41, 5.74) is 0.547. The van der Waals surface area contributed by atoms with E-state index < -0.39 is 0 Å². The van der Waals surface area contributed by atoms with E-state index in [-0.39, 0.29) is 24.4 Å². The van der Waals surface area contributed by atoms with Gasteiger partial charge in [-0.05, 0) is 51.1 Å². The maximum Gasteiger partial charge on any atom is 0.271 e. The SMILES string of the molecule is CC(NC(=O)c1ccn(C2CCCNC2)n1)C1CCCC1.Cl. The molecule has 2 heterocycles. The predicted molar refractivity (Wildman–Crippen MR) is 89.5 cm³/mol. The Morgan fingerprint density at radius 2 is 2.14 bits per heavy atom. The van der Waals surface area contributed by atoms with Crippen molar-refractivity contribution in [2.24, 2.45) is 5.92 Å². The van der Waals surface area contributed by atoms with Crippen molar-refractivity contribution in [2.75, 3.05) is 13.1 Å². The van der Waals surface area contributed by atoms with E-state index in [9.17, 15) is 4.79 Å². The normalized spacial score (nSPS) is 23.8. The summed E-state index contributed by atoms with van der Waals surface area (Å²) in [5, 5.41) is 11.0. The fourth-order valence-corrected chi connectivity index (χ4v) is 3.58. The Kier molecular flexibility index (Phi) is 6.26. The van der Waals surface area contributed by atoms with E-state index in [2.05, 4.69) is 22.7 Å². The molecule has 1 aromatic heterocycles. The quantitative estimate of drug-likeness (QED) is 0.894. The van der Waals surface area contributed by atoms with Gasteiger partial charge in [-0.2, -0.15) is 5.10 Å². The van der Waals surface area contributed by atoms with E-state index in [0.29, 0.717) is 17.7 Å². The minimum atomic E-state index is -0.0306. The average molecular weight is 327 g/mol. The Morgan fingerprint density at radius 1 is 1.36 bits per heavy atom. The van der Waals surface area contributed by atoms with Crippen LogP contribution in [0.4, 0.5) is 0 Å². The topological polar surface area (TPSA) is 59.0 Å². The minimum Gasteiger partial charge on any atom is -0.348 e. The largest absolute Gasteiger partial charge is 0.348 e. The van der Waals surface area contributed by atoms with Gasteiger partial charge in [0.1, 0.15) is 5.69 Å². The van der Waals surface area contributed by atoms with Crippen LogP contribution in [0.2, 0.25) is 0 Å². The summed E-state index contributed by atoms with van der Waals surface area (Å²) in [6.07, 6.45) is 9.32. The number of hydrogen-bond acceptors (Lipinski definition) is 3. The van der Waals surface area contributed by atoms with Crippen molar-refractivity contribution in [3.63, 3.8) is 0 Å². The Morgan fingerprint density at radius 3 is 2.82 bits per heavy atom. The summed E-state index contributed by atoms with van der Waals surface area (Å²) < 4.78 is 1.95. The number of piperidine rings is 1. The summed E-state index contributed by atoms with van der Waals surface area (Å²) in [5.74, 6) is 0.607. The van der Waals surface area contributed by atoms with Gasteiger partial charge in [0.2, 0.25) is 0 Å². The number of aromatic nitrogens is 2. The standard InChI is InChI=1S/C16H26N4O.ClH/c1-12(13-5-2-3-6-13)18-16(21)15-8-10-20(19-15)14-7-4-9-17-11-14;/h8,10,12-14,17H,2-7,9,11H2,1H3,(H,18,21);1H. The van der Waals surface area contributed by atoms with Crippen LogP contribution in [0, 0.1) is 5.92 Å². The van der Waals surface area contributed by atoms with Gasteiger partial charge in [0, 0.05) is 18.8 Å². The number of nitrogens with one attached hydrogen (secondary N) is 2. The fraction of sp³-hybridized carbons (Fsp3) is 0.750. The van der Waals surface area contributed by atoms with Crippen molar-refractivity contribution in [1.29, 1.82) is 0 Å². The molecule has 22 heavy (non-hydrogen) atoms. The molecule has 124 valence electrons. The fourth-order valence-electron chi connectivity index (χ4n) is 3.58. The summed E-state index contributed by atoms with van der Waals surface area (Å²) >= 11 is 0. The molecule has 5 nitrogen and oxygen atoms in total. The second-order valence-electron chi connectivity index (χ2n) is 6.49.